The number of aryl methyl sites for hydroxylation is 1. The molecule has 1 aliphatic carbocycles. The molecule has 1 aromatic heterocycles. The first-order valence-electron chi connectivity index (χ1n) is 14.0. The van der Waals surface area contributed by atoms with Gasteiger partial charge in [0.2, 0.25) is 0 Å². The van der Waals surface area contributed by atoms with E-state index < -0.39 is 0 Å². The Bertz CT molecular complexity index is 804. The fraction of sp³-hybridized carbons (Fsp3) is 0.613. The lowest BCUT2D eigenvalue weighted by Crippen LogP contribution is -2.13. The molecule has 0 unspecified atom stereocenters. The highest BCUT2D eigenvalue weighted by Crippen LogP contribution is 2.32. The minimum Gasteiger partial charge on any atom is -0.490 e. The first kappa shape index (κ1) is 26.4. The molecule has 0 atom stereocenters. The summed E-state index contributed by atoms with van der Waals surface area (Å²) < 4.78 is 5.94. The van der Waals surface area contributed by atoms with Gasteiger partial charge in [-0.25, -0.2) is 9.97 Å². The lowest BCUT2D eigenvalue weighted by Gasteiger charge is -2.26. The summed E-state index contributed by atoms with van der Waals surface area (Å²) in [5.74, 6) is 3.40. The number of benzene rings is 1. The average Bonchev–Trinajstić information content (AvgIpc) is 2.88. The van der Waals surface area contributed by atoms with E-state index in [1.807, 2.05) is 24.5 Å². The highest BCUT2D eigenvalue weighted by Gasteiger charge is 2.18. The highest BCUT2D eigenvalue weighted by molar-refractivity contribution is 5.55. The van der Waals surface area contributed by atoms with Crippen molar-refractivity contribution < 1.29 is 4.74 Å². The van der Waals surface area contributed by atoms with Crippen LogP contribution in [0, 0.1) is 11.8 Å². The van der Waals surface area contributed by atoms with Gasteiger partial charge in [-0.1, -0.05) is 77.4 Å². The Balaban J connectivity index is 1.35. The number of nitrogens with zero attached hydrogens (tertiary/aromatic N) is 2. The van der Waals surface area contributed by atoms with E-state index in [4.69, 9.17) is 4.74 Å². The van der Waals surface area contributed by atoms with Crippen molar-refractivity contribution >= 4 is 0 Å². The first-order valence-corrected chi connectivity index (χ1v) is 14.0. The largest absolute Gasteiger partial charge is 0.490 e. The van der Waals surface area contributed by atoms with Crippen molar-refractivity contribution in [3.63, 3.8) is 0 Å². The van der Waals surface area contributed by atoms with E-state index in [9.17, 15) is 0 Å². The van der Waals surface area contributed by atoms with Crippen LogP contribution >= 0.6 is 0 Å². The number of unbranched alkanes of at least 4 members (excludes halogenated alkanes) is 6. The van der Waals surface area contributed by atoms with Crippen molar-refractivity contribution in [1.29, 1.82) is 0 Å². The summed E-state index contributed by atoms with van der Waals surface area (Å²) in [6.45, 7) is 5.19. The highest BCUT2D eigenvalue weighted by atomic mass is 16.5. The second kappa shape index (κ2) is 15.7. The molecule has 1 aliphatic rings. The Kier molecular flexibility index (Phi) is 12.2. The molecule has 3 nitrogen and oxygen atoms in total. The lowest BCUT2D eigenvalue weighted by atomic mass is 9.79. The maximum atomic E-state index is 5.94. The number of allylic oxidation sites excluding steroid dienone is 1. The number of hydrogen-bond donors (Lipinski definition) is 0. The predicted octanol–water partition coefficient (Wildman–Crippen LogP) is 8.98. The molecule has 1 saturated carbocycles. The number of rotatable bonds is 15. The molecular weight excluding hydrogens is 416 g/mol. The molecule has 0 saturated heterocycles. The van der Waals surface area contributed by atoms with Gasteiger partial charge in [-0.2, -0.15) is 0 Å². The average molecular weight is 463 g/mol. The quantitative estimate of drug-likeness (QED) is 0.196. The summed E-state index contributed by atoms with van der Waals surface area (Å²) in [4.78, 5) is 9.17. The van der Waals surface area contributed by atoms with Crippen LogP contribution in [0.3, 0.4) is 0 Å². The topological polar surface area (TPSA) is 35.0 Å². The molecule has 3 heteroatoms. The third-order valence-corrected chi connectivity index (χ3v) is 7.25. The maximum absolute atomic E-state index is 5.94. The van der Waals surface area contributed by atoms with Crippen molar-refractivity contribution in [3.05, 3.63) is 54.4 Å². The zero-order valence-electron chi connectivity index (χ0n) is 21.7. The predicted molar refractivity (Wildman–Crippen MR) is 144 cm³/mol. The SMILES string of the molecule is CCCCCCCc1cnc(-c2ccc(OC/C=C/C3CCC(CCCCC)CC3)cc2)nc1. The number of ether oxygens (including phenoxy) is 1. The van der Waals surface area contributed by atoms with Gasteiger partial charge in [0, 0.05) is 18.0 Å². The second-order valence-electron chi connectivity index (χ2n) is 10.1. The molecule has 1 fully saturated rings. The summed E-state index contributed by atoms with van der Waals surface area (Å²) in [5, 5.41) is 0. The fourth-order valence-electron chi connectivity index (χ4n) is 5.01. The van der Waals surface area contributed by atoms with Gasteiger partial charge in [0.05, 0.1) is 0 Å². The molecule has 34 heavy (non-hydrogen) atoms. The fourth-order valence-corrected chi connectivity index (χ4v) is 5.01. The van der Waals surface area contributed by atoms with E-state index in [-0.39, 0.29) is 0 Å². The van der Waals surface area contributed by atoms with Crippen LogP contribution in [-0.2, 0) is 6.42 Å². The van der Waals surface area contributed by atoms with Crippen LogP contribution in [0.2, 0.25) is 0 Å². The van der Waals surface area contributed by atoms with Crippen LogP contribution in [0.5, 0.6) is 5.75 Å². The van der Waals surface area contributed by atoms with Crippen molar-refractivity contribution in [2.45, 2.75) is 104 Å². The smallest absolute Gasteiger partial charge is 0.159 e. The molecule has 0 N–H and O–H groups in total. The summed E-state index contributed by atoms with van der Waals surface area (Å²) in [6, 6.07) is 8.16. The van der Waals surface area contributed by atoms with E-state index in [1.54, 1.807) is 0 Å². The van der Waals surface area contributed by atoms with E-state index in [0.717, 1.165) is 35.4 Å². The van der Waals surface area contributed by atoms with Gasteiger partial charge >= 0.3 is 0 Å². The van der Waals surface area contributed by atoms with E-state index in [1.165, 1.54) is 89.0 Å². The van der Waals surface area contributed by atoms with Crippen LogP contribution < -0.4 is 4.74 Å². The third-order valence-electron chi connectivity index (χ3n) is 7.25. The monoisotopic (exact) mass is 462 g/mol. The van der Waals surface area contributed by atoms with E-state index in [0.29, 0.717) is 6.61 Å². The molecule has 2 aromatic rings. The number of hydrogen-bond acceptors (Lipinski definition) is 3. The first-order chi connectivity index (χ1) is 16.8. The van der Waals surface area contributed by atoms with E-state index in [2.05, 4.69) is 48.1 Å². The van der Waals surface area contributed by atoms with Gasteiger partial charge in [0.25, 0.3) is 0 Å². The van der Waals surface area contributed by atoms with Crippen LogP contribution in [-0.4, -0.2) is 16.6 Å². The van der Waals surface area contributed by atoms with Crippen molar-refractivity contribution in [2.75, 3.05) is 6.61 Å². The van der Waals surface area contributed by atoms with Crippen molar-refractivity contribution in [2.24, 2.45) is 11.8 Å². The van der Waals surface area contributed by atoms with Crippen LogP contribution in [0.25, 0.3) is 11.4 Å². The van der Waals surface area contributed by atoms with E-state index >= 15 is 0 Å². The maximum Gasteiger partial charge on any atom is 0.159 e. The Morgan fingerprint density at radius 2 is 1.50 bits per heavy atom. The minimum atomic E-state index is 0.638. The second-order valence-corrected chi connectivity index (χ2v) is 10.1. The third kappa shape index (κ3) is 9.60. The Morgan fingerprint density at radius 3 is 2.21 bits per heavy atom. The van der Waals surface area contributed by atoms with Gasteiger partial charge in [-0.15, -0.1) is 0 Å². The Morgan fingerprint density at radius 1 is 0.824 bits per heavy atom. The minimum absolute atomic E-state index is 0.638. The van der Waals surface area contributed by atoms with Crippen LogP contribution in [0.15, 0.2) is 48.8 Å². The van der Waals surface area contributed by atoms with Crippen molar-refractivity contribution in [1.82, 2.24) is 9.97 Å². The summed E-state index contributed by atoms with van der Waals surface area (Å²) >= 11 is 0. The lowest BCUT2D eigenvalue weighted by molar-refractivity contribution is 0.288. The molecule has 3 rings (SSSR count). The normalized spacial score (nSPS) is 18.4. The molecule has 0 spiro atoms. The van der Waals surface area contributed by atoms with Gasteiger partial charge in [-0.3, -0.25) is 0 Å². The molecule has 0 aliphatic heterocycles. The van der Waals surface area contributed by atoms with Crippen LogP contribution in [0.1, 0.15) is 103 Å². The molecular formula is C31H46N2O. The van der Waals surface area contributed by atoms with Gasteiger partial charge < -0.3 is 4.74 Å². The number of aromatic nitrogens is 2. The van der Waals surface area contributed by atoms with Crippen LogP contribution in [0.4, 0.5) is 0 Å². The zero-order chi connectivity index (χ0) is 23.8. The van der Waals surface area contributed by atoms with Gasteiger partial charge in [0.15, 0.2) is 5.82 Å². The summed E-state index contributed by atoms with van der Waals surface area (Å²) in [6.07, 6.45) is 27.2. The van der Waals surface area contributed by atoms with Gasteiger partial charge in [-0.05, 0) is 80.2 Å². The zero-order valence-corrected chi connectivity index (χ0v) is 21.7. The standard InChI is InChI=1S/C31H46N2O/c1-3-5-7-8-10-13-28-24-32-31(33-25-28)29-19-21-30(22-20-29)34-23-11-14-27-17-15-26(16-18-27)12-9-6-4-2/h11,14,19-22,24-27H,3-10,12-13,15-18,23H2,1-2H3/b14-11+. The molecule has 1 heterocycles. The Labute approximate surface area is 208 Å². The summed E-state index contributed by atoms with van der Waals surface area (Å²) in [7, 11) is 0. The van der Waals surface area contributed by atoms with Crippen molar-refractivity contribution in [3.8, 4) is 17.1 Å². The molecule has 0 bridgehead atoms. The summed E-state index contributed by atoms with van der Waals surface area (Å²) in [5.41, 5.74) is 2.27. The molecule has 0 radical (unpaired) electrons. The van der Waals surface area contributed by atoms with Gasteiger partial charge in [0.1, 0.15) is 12.4 Å². The Hall–Kier alpha value is -2.16. The molecule has 1 aromatic carbocycles. The molecule has 186 valence electrons. The molecule has 0 amide bonds.